The van der Waals surface area contributed by atoms with Crippen molar-refractivity contribution in [1.82, 2.24) is 25.3 Å². The van der Waals surface area contributed by atoms with Gasteiger partial charge in [-0.15, -0.1) is 5.10 Å². The van der Waals surface area contributed by atoms with Crippen molar-refractivity contribution >= 4 is 5.91 Å². The number of rotatable bonds is 4. The molecule has 7 heteroatoms. The summed E-state index contributed by atoms with van der Waals surface area (Å²) in [7, 11) is 0. The first-order valence-corrected chi connectivity index (χ1v) is 7.00. The second-order valence-electron chi connectivity index (χ2n) is 4.97. The van der Waals surface area contributed by atoms with Crippen molar-refractivity contribution < 1.29 is 9.53 Å². The molecule has 0 unspecified atom stereocenters. The Morgan fingerprint density at radius 2 is 2.29 bits per heavy atom. The molecule has 1 fully saturated rings. The lowest BCUT2D eigenvalue weighted by Gasteiger charge is -2.20. The van der Waals surface area contributed by atoms with Crippen LogP contribution in [-0.2, 0) is 16.1 Å². The maximum atomic E-state index is 12.0. The van der Waals surface area contributed by atoms with Crippen molar-refractivity contribution in [1.29, 1.82) is 0 Å². The number of nitrogens with zero attached hydrogens (tertiary/aromatic N) is 4. The summed E-state index contributed by atoms with van der Waals surface area (Å²) in [4.78, 5) is 16.1. The fourth-order valence-corrected chi connectivity index (χ4v) is 2.28. The largest absolute Gasteiger partial charge is 0.381 e. The van der Waals surface area contributed by atoms with Crippen molar-refractivity contribution in [3.8, 4) is 5.69 Å². The van der Waals surface area contributed by atoms with Crippen LogP contribution in [0.25, 0.3) is 5.69 Å². The predicted molar refractivity (Wildman–Crippen MR) is 74.5 cm³/mol. The van der Waals surface area contributed by atoms with Gasteiger partial charge >= 0.3 is 0 Å². The zero-order chi connectivity index (χ0) is 14.5. The van der Waals surface area contributed by atoms with Gasteiger partial charge in [0.15, 0.2) is 0 Å². The molecular weight excluding hydrogens is 270 g/mol. The summed E-state index contributed by atoms with van der Waals surface area (Å²) in [6.07, 6.45) is 6.78. The van der Waals surface area contributed by atoms with Gasteiger partial charge in [-0.2, -0.15) is 0 Å². The number of carbonyl (C=O) groups is 1. The lowest BCUT2D eigenvalue weighted by atomic mass is 9.99. The Balaban J connectivity index is 1.56. The number of nitrogens with one attached hydrogen (secondary N) is 1. The van der Waals surface area contributed by atoms with Gasteiger partial charge in [-0.1, -0.05) is 5.21 Å². The molecule has 1 aliphatic rings. The van der Waals surface area contributed by atoms with Crippen LogP contribution in [0.15, 0.2) is 30.7 Å². The lowest BCUT2D eigenvalue weighted by molar-refractivity contribution is -0.128. The zero-order valence-corrected chi connectivity index (χ0v) is 11.6. The first-order valence-electron chi connectivity index (χ1n) is 7.00. The highest BCUT2D eigenvalue weighted by Crippen LogP contribution is 2.14. The number of hydrogen-bond donors (Lipinski definition) is 1. The van der Waals surface area contributed by atoms with Gasteiger partial charge < -0.3 is 10.1 Å². The smallest absolute Gasteiger partial charge is 0.223 e. The number of aromatic nitrogens is 4. The van der Waals surface area contributed by atoms with E-state index < -0.39 is 0 Å². The van der Waals surface area contributed by atoms with Crippen LogP contribution in [-0.4, -0.2) is 39.1 Å². The van der Waals surface area contributed by atoms with Crippen LogP contribution < -0.4 is 5.32 Å². The number of amides is 1. The molecule has 0 aliphatic carbocycles. The standard InChI is InChI=1S/C14H17N5O2/c20-14(11-3-6-21-7-4-11)16-8-12-10-19(18-17-12)13-2-1-5-15-9-13/h1-2,5,9-11H,3-4,6-8H2,(H,16,20). The first kappa shape index (κ1) is 13.7. The summed E-state index contributed by atoms with van der Waals surface area (Å²) < 4.78 is 6.90. The number of carbonyl (C=O) groups excluding carboxylic acids is 1. The van der Waals surface area contributed by atoms with E-state index in [-0.39, 0.29) is 11.8 Å². The van der Waals surface area contributed by atoms with E-state index in [1.165, 1.54) is 0 Å². The van der Waals surface area contributed by atoms with Gasteiger partial charge in [0, 0.05) is 25.3 Å². The van der Waals surface area contributed by atoms with Crippen LogP contribution in [0, 0.1) is 5.92 Å². The molecule has 3 heterocycles. The van der Waals surface area contributed by atoms with E-state index in [0.29, 0.717) is 19.8 Å². The lowest BCUT2D eigenvalue weighted by Crippen LogP contribution is -2.33. The van der Waals surface area contributed by atoms with Gasteiger partial charge in [-0.05, 0) is 25.0 Å². The monoisotopic (exact) mass is 287 g/mol. The van der Waals surface area contributed by atoms with E-state index in [2.05, 4.69) is 20.6 Å². The Morgan fingerprint density at radius 3 is 3.05 bits per heavy atom. The molecule has 110 valence electrons. The van der Waals surface area contributed by atoms with E-state index in [4.69, 9.17) is 4.74 Å². The highest BCUT2D eigenvalue weighted by Gasteiger charge is 2.21. The van der Waals surface area contributed by atoms with Crippen LogP contribution in [0.4, 0.5) is 0 Å². The molecule has 1 amide bonds. The Labute approximate surface area is 122 Å². The number of hydrogen-bond acceptors (Lipinski definition) is 5. The molecule has 2 aromatic heterocycles. The second kappa shape index (κ2) is 6.45. The molecule has 1 aliphatic heterocycles. The van der Waals surface area contributed by atoms with Crippen molar-refractivity contribution in [2.75, 3.05) is 13.2 Å². The van der Waals surface area contributed by atoms with E-state index >= 15 is 0 Å². The minimum absolute atomic E-state index is 0.0483. The third-order valence-corrected chi connectivity index (χ3v) is 3.49. The third kappa shape index (κ3) is 3.43. The molecule has 3 rings (SSSR count). The molecule has 0 aromatic carbocycles. The van der Waals surface area contributed by atoms with E-state index in [9.17, 15) is 4.79 Å². The van der Waals surface area contributed by atoms with Crippen molar-refractivity contribution in [3.05, 3.63) is 36.4 Å². The summed E-state index contributed by atoms with van der Waals surface area (Å²) in [5.41, 5.74) is 1.56. The van der Waals surface area contributed by atoms with Gasteiger partial charge in [0.1, 0.15) is 5.69 Å². The Bertz CT molecular complexity index is 592. The molecule has 0 atom stereocenters. The van der Waals surface area contributed by atoms with Crippen LogP contribution in [0.5, 0.6) is 0 Å². The first-order chi connectivity index (χ1) is 10.3. The third-order valence-electron chi connectivity index (χ3n) is 3.49. The van der Waals surface area contributed by atoms with E-state index in [1.807, 2.05) is 12.1 Å². The number of ether oxygens (including phenoxy) is 1. The molecule has 1 saturated heterocycles. The molecule has 21 heavy (non-hydrogen) atoms. The normalized spacial score (nSPS) is 15.8. The van der Waals surface area contributed by atoms with Crippen LogP contribution in [0.3, 0.4) is 0 Å². The Morgan fingerprint density at radius 1 is 1.43 bits per heavy atom. The summed E-state index contributed by atoms with van der Waals surface area (Å²) in [6.45, 7) is 1.71. The van der Waals surface area contributed by atoms with Crippen LogP contribution >= 0.6 is 0 Å². The van der Waals surface area contributed by atoms with E-state index in [1.54, 1.807) is 23.3 Å². The van der Waals surface area contributed by atoms with E-state index in [0.717, 1.165) is 24.2 Å². The quantitative estimate of drug-likeness (QED) is 0.895. The minimum atomic E-state index is 0.0483. The maximum Gasteiger partial charge on any atom is 0.223 e. The maximum absolute atomic E-state index is 12.0. The average Bonchev–Trinajstić information content (AvgIpc) is 3.03. The Hall–Kier alpha value is -2.28. The molecule has 0 spiro atoms. The highest BCUT2D eigenvalue weighted by molar-refractivity contribution is 5.78. The zero-order valence-electron chi connectivity index (χ0n) is 11.6. The summed E-state index contributed by atoms with van der Waals surface area (Å²) >= 11 is 0. The Kier molecular flexibility index (Phi) is 4.20. The van der Waals surface area contributed by atoms with Gasteiger partial charge in [-0.25, -0.2) is 4.68 Å². The van der Waals surface area contributed by atoms with Gasteiger partial charge in [0.05, 0.1) is 24.6 Å². The van der Waals surface area contributed by atoms with Crippen LogP contribution in [0.2, 0.25) is 0 Å². The summed E-state index contributed by atoms with van der Waals surface area (Å²) in [5, 5.41) is 11.0. The summed E-state index contributed by atoms with van der Waals surface area (Å²) in [5.74, 6) is 0.112. The van der Waals surface area contributed by atoms with Crippen molar-refractivity contribution in [3.63, 3.8) is 0 Å². The molecule has 1 N–H and O–H groups in total. The topological polar surface area (TPSA) is 81.9 Å². The fourth-order valence-electron chi connectivity index (χ4n) is 2.28. The molecule has 0 radical (unpaired) electrons. The SMILES string of the molecule is O=C(NCc1cn(-c2cccnc2)nn1)C1CCOCC1. The number of pyridine rings is 1. The molecular formula is C14H17N5O2. The predicted octanol–water partition coefficient (Wildman–Crippen LogP) is 0.705. The summed E-state index contributed by atoms with van der Waals surface area (Å²) in [6, 6.07) is 3.73. The van der Waals surface area contributed by atoms with Crippen LogP contribution in [0.1, 0.15) is 18.5 Å². The van der Waals surface area contributed by atoms with Crippen molar-refractivity contribution in [2.24, 2.45) is 5.92 Å². The average molecular weight is 287 g/mol. The second-order valence-corrected chi connectivity index (χ2v) is 4.97. The van der Waals surface area contributed by atoms with Gasteiger partial charge in [0.2, 0.25) is 5.91 Å². The molecule has 0 saturated carbocycles. The molecule has 2 aromatic rings. The fraction of sp³-hybridized carbons (Fsp3) is 0.429. The van der Waals surface area contributed by atoms with Crippen molar-refractivity contribution in [2.45, 2.75) is 19.4 Å². The molecule has 0 bridgehead atoms. The van der Waals surface area contributed by atoms with Gasteiger partial charge in [0.25, 0.3) is 0 Å². The highest BCUT2D eigenvalue weighted by atomic mass is 16.5. The van der Waals surface area contributed by atoms with Gasteiger partial charge in [-0.3, -0.25) is 9.78 Å². The molecule has 7 nitrogen and oxygen atoms in total. The minimum Gasteiger partial charge on any atom is -0.381 e.